The maximum Gasteiger partial charge on any atom is 0.0416 e. The molecule has 1 saturated carbocycles. The standard InChI is InChI=1S/C14H23N3/c1-15-14(12-6-7-12)11-17(2)10-8-13-5-3-4-9-16-13/h3-5,9,12,14-15H,6-8,10-11H2,1-2H3. The molecule has 1 fully saturated rings. The van der Waals surface area contributed by atoms with Gasteiger partial charge in [-0.3, -0.25) is 4.98 Å². The third kappa shape index (κ3) is 4.10. The summed E-state index contributed by atoms with van der Waals surface area (Å²) >= 11 is 0. The van der Waals surface area contributed by atoms with E-state index in [0.717, 1.165) is 25.4 Å². The van der Waals surface area contributed by atoms with Gasteiger partial charge in [0, 0.05) is 37.4 Å². The highest BCUT2D eigenvalue weighted by Gasteiger charge is 2.30. The normalized spacial score (nSPS) is 17.4. The van der Waals surface area contributed by atoms with E-state index in [-0.39, 0.29) is 0 Å². The van der Waals surface area contributed by atoms with Crippen molar-refractivity contribution in [2.45, 2.75) is 25.3 Å². The summed E-state index contributed by atoms with van der Waals surface area (Å²) in [5.41, 5.74) is 1.19. The number of hydrogen-bond donors (Lipinski definition) is 1. The fraction of sp³-hybridized carbons (Fsp3) is 0.643. The van der Waals surface area contributed by atoms with Gasteiger partial charge in [-0.1, -0.05) is 6.07 Å². The molecule has 0 radical (unpaired) electrons. The second-order valence-corrected chi connectivity index (χ2v) is 5.07. The fourth-order valence-corrected chi connectivity index (χ4v) is 2.25. The zero-order valence-corrected chi connectivity index (χ0v) is 10.9. The Morgan fingerprint density at radius 2 is 2.29 bits per heavy atom. The minimum Gasteiger partial charge on any atom is -0.315 e. The van der Waals surface area contributed by atoms with E-state index in [0.29, 0.717) is 6.04 Å². The predicted molar refractivity (Wildman–Crippen MR) is 71.0 cm³/mol. The van der Waals surface area contributed by atoms with Crippen LogP contribution in [0.2, 0.25) is 0 Å². The lowest BCUT2D eigenvalue weighted by atomic mass is 10.1. The molecule has 3 heteroatoms. The summed E-state index contributed by atoms with van der Waals surface area (Å²) < 4.78 is 0. The minimum atomic E-state index is 0.670. The zero-order valence-electron chi connectivity index (χ0n) is 10.9. The van der Waals surface area contributed by atoms with Gasteiger partial charge >= 0.3 is 0 Å². The van der Waals surface area contributed by atoms with Crippen LogP contribution in [-0.2, 0) is 6.42 Å². The Kier molecular flexibility index (Phi) is 4.51. The summed E-state index contributed by atoms with van der Waals surface area (Å²) in [5, 5.41) is 3.44. The molecule has 3 nitrogen and oxygen atoms in total. The van der Waals surface area contributed by atoms with E-state index in [2.05, 4.69) is 41.4 Å². The number of nitrogens with one attached hydrogen (secondary N) is 1. The second-order valence-electron chi connectivity index (χ2n) is 5.07. The quantitative estimate of drug-likeness (QED) is 0.774. The fourth-order valence-electron chi connectivity index (χ4n) is 2.25. The lowest BCUT2D eigenvalue weighted by Crippen LogP contribution is -2.39. The average molecular weight is 233 g/mol. The van der Waals surface area contributed by atoms with Crippen molar-refractivity contribution in [2.24, 2.45) is 5.92 Å². The van der Waals surface area contributed by atoms with Crippen molar-refractivity contribution in [1.29, 1.82) is 0 Å². The molecule has 0 saturated heterocycles. The van der Waals surface area contributed by atoms with Gasteiger partial charge in [0.25, 0.3) is 0 Å². The van der Waals surface area contributed by atoms with Gasteiger partial charge in [-0.25, -0.2) is 0 Å². The van der Waals surface area contributed by atoms with E-state index < -0.39 is 0 Å². The highest BCUT2D eigenvalue weighted by molar-refractivity contribution is 5.03. The largest absolute Gasteiger partial charge is 0.315 e. The van der Waals surface area contributed by atoms with Crippen molar-refractivity contribution in [3.05, 3.63) is 30.1 Å². The van der Waals surface area contributed by atoms with Gasteiger partial charge in [-0.15, -0.1) is 0 Å². The minimum absolute atomic E-state index is 0.670. The first-order valence-corrected chi connectivity index (χ1v) is 6.55. The molecule has 0 spiro atoms. The van der Waals surface area contributed by atoms with Gasteiger partial charge in [-0.05, 0) is 45.0 Å². The van der Waals surface area contributed by atoms with Crippen LogP contribution in [0.3, 0.4) is 0 Å². The van der Waals surface area contributed by atoms with Crippen molar-refractivity contribution in [3.63, 3.8) is 0 Å². The van der Waals surface area contributed by atoms with E-state index in [1.807, 2.05) is 12.3 Å². The number of likely N-dealkylation sites (N-methyl/N-ethyl adjacent to an activating group) is 2. The lowest BCUT2D eigenvalue weighted by Gasteiger charge is -2.23. The molecule has 0 aliphatic heterocycles. The van der Waals surface area contributed by atoms with Crippen LogP contribution < -0.4 is 5.32 Å². The smallest absolute Gasteiger partial charge is 0.0416 e. The molecule has 1 aromatic heterocycles. The Labute approximate surface area is 104 Å². The second kappa shape index (κ2) is 6.12. The van der Waals surface area contributed by atoms with Crippen LogP contribution in [0.25, 0.3) is 0 Å². The van der Waals surface area contributed by atoms with Gasteiger partial charge in [-0.2, -0.15) is 0 Å². The van der Waals surface area contributed by atoms with Gasteiger partial charge in [0.05, 0.1) is 0 Å². The summed E-state index contributed by atoms with van der Waals surface area (Å²) in [6.07, 6.45) is 5.72. The molecule has 2 rings (SSSR count). The first kappa shape index (κ1) is 12.5. The predicted octanol–water partition coefficient (Wildman–Crippen LogP) is 1.55. The van der Waals surface area contributed by atoms with Crippen LogP contribution in [0.15, 0.2) is 24.4 Å². The Hall–Kier alpha value is -0.930. The van der Waals surface area contributed by atoms with E-state index in [4.69, 9.17) is 0 Å². The Morgan fingerprint density at radius 3 is 2.88 bits per heavy atom. The summed E-state index contributed by atoms with van der Waals surface area (Å²) in [4.78, 5) is 6.77. The van der Waals surface area contributed by atoms with Gasteiger partial charge in [0.15, 0.2) is 0 Å². The molecule has 1 aromatic rings. The average Bonchev–Trinajstić information content (AvgIpc) is 3.19. The molecule has 0 amide bonds. The number of nitrogens with zero attached hydrogens (tertiary/aromatic N) is 2. The molecule has 1 aliphatic rings. The van der Waals surface area contributed by atoms with Crippen molar-refractivity contribution in [3.8, 4) is 0 Å². The van der Waals surface area contributed by atoms with E-state index in [1.165, 1.54) is 18.5 Å². The van der Waals surface area contributed by atoms with Crippen LogP contribution in [-0.4, -0.2) is 43.1 Å². The molecule has 0 aromatic carbocycles. The molecular weight excluding hydrogens is 210 g/mol. The highest BCUT2D eigenvalue weighted by Crippen LogP contribution is 2.32. The maximum absolute atomic E-state index is 4.36. The van der Waals surface area contributed by atoms with Crippen molar-refractivity contribution < 1.29 is 0 Å². The summed E-state index contributed by atoms with van der Waals surface area (Å²) in [7, 11) is 4.28. The third-order valence-corrected chi connectivity index (χ3v) is 3.55. The van der Waals surface area contributed by atoms with E-state index in [9.17, 15) is 0 Å². The number of rotatable bonds is 7. The van der Waals surface area contributed by atoms with Crippen LogP contribution in [0.1, 0.15) is 18.5 Å². The van der Waals surface area contributed by atoms with E-state index >= 15 is 0 Å². The molecule has 1 atom stereocenters. The monoisotopic (exact) mass is 233 g/mol. The van der Waals surface area contributed by atoms with Gasteiger partial charge in [0.1, 0.15) is 0 Å². The Morgan fingerprint density at radius 1 is 1.47 bits per heavy atom. The van der Waals surface area contributed by atoms with Crippen LogP contribution in [0.5, 0.6) is 0 Å². The highest BCUT2D eigenvalue weighted by atomic mass is 15.1. The molecule has 17 heavy (non-hydrogen) atoms. The number of hydrogen-bond acceptors (Lipinski definition) is 3. The lowest BCUT2D eigenvalue weighted by molar-refractivity contribution is 0.283. The maximum atomic E-state index is 4.36. The van der Waals surface area contributed by atoms with Crippen LogP contribution >= 0.6 is 0 Å². The SMILES string of the molecule is CNC(CN(C)CCc1ccccn1)C1CC1. The van der Waals surface area contributed by atoms with Crippen molar-refractivity contribution in [1.82, 2.24) is 15.2 Å². The number of aromatic nitrogens is 1. The zero-order chi connectivity index (χ0) is 12.1. The van der Waals surface area contributed by atoms with Crippen molar-refractivity contribution >= 4 is 0 Å². The molecule has 1 unspecified atom stereocenters. The molecule has 1 aliphatic carbocycles. The first-order chi connectivity index (χ1) is 8.29. The van der Waals surface area contributed by atoms with Gasteiger partial charge < -0.3 is 10.2 Å². The van der Waals surface area contributed by atoms with Crippen molar-refractivity contribution in [2.75, 3.05) is 27.2 Å². The topological polar surface area (TPSA) is 28.2 Å². The summed E-state index contributed by atoms with van der Waals surface area (Å²) in [6.45, 7) is 2.23. The first-order valence-electron chi connectivity index (χ1n) is 6.55. The molecule has 1 heterocycles. The molecule has 94 valence electrons. The Balaban J connectivity index is 1.71. The summed E-state index contributed by atoms with van der Waals surface area (Å²) in [5.74, 6) is 0.914. The number of pyridine rings is 1. The van der Waals surface area contributed by atoms with E-state index in [1.54, 1.807) is 0 Å². The summed E-state index contributed by atoms with van der Waals surface area (Å²) in [6, 6.07) is 6.80. The molecular formula is C14H23N3. The van der Waals surface area contributed by atoms with Gasteiger partial charge in [0.2, 0.25) is 0 Å². The molecule has 1 N–H and O–H groups in total. The third-order valence-electron chi connectivity index (χ3n) is 3.55. The molecule has 0 bridgehead atoms. The Bertz CT molecular complexity index is 321. The van der Waals surface area contributed by atoms with Crippen LogP contribution in [0, 0.1) is 5.92 Å². The van der Waals surface area contributed by atoms with Crippen LogP contribution in [0.4, 0.5) is 0 Å².